The number of ether oxygens (including phenoxy) is 2. The van der Waals surface area contributed by atoms with Crippen LogP contribution in [0.3, 0.4) is 0 Å². The molecule has 6 nitrogen and oxygen atoms in total. The zero-order valence-electron chi connectivity index (χ0n) is 11.5. The number of carbonyl (C=O) groups is 1. The van der Waals surface area contributed by atoms with E-state index >= 15 is 0 Å². The molecule has 2 aromatic rings. The Morgan fingerprint density at radius 3 is 3.00 bits per heavy atom. The number of fused-ring (bicyclic) bond motifs is 1. The van der Waals surface area contributed by atoms with Gasteiger partial charge in [0.2, 0.25) is 0 Å². The van der Waals surface area contributed by atoms with E-state index in [1.54, 1.807) is 12.3 Å². The van der Waals surface area contributed by atoms with E-state index in [1.165, 1.54) is 12.1 Å². The first-order valence-electron chi connectivity index (χ1n) is 6.61. The number of alkyl halides is 2. The highest BCUT2D eigenvalue weighted by atomic mass is 19.3. The number of amides is 1. The summed E-state index contributed by atoms with van der Waals surface area (Å²) in [4.78, 5) is 16.0. The maximum atomic E-state index is 12.1. The number of halogens is 2. The molecule has 1 N–H and O–H groups in total. The second kappa shape index (κ2) is 6.10. The largest absolute Gasteiger partial charge is 0.433 e. The number of pyridine rings is 1. The monoisotopic (exact) mass is 309 g/mol. The molecule has 0 bridgehead atoms. The second-order valence-corrected chi connectivity index (χ2v) is 4.68. The Labute approximate surface area is 124 Å². The van der Waals surface area contributed by atoms with Crippen LogP contribution in [0.25, 0.3) is 0 Å². The molecule has 8 heteroatoms. The van der Waals surface area contributed by atoms with Crippen molar-refractivity contribution in [2.24, 2.45) is 0 Å². The second-order valence-electron chi connectivity index (χ2n) is 4.68. The Hall–Kier alpha value is -2.48. The highest BCUT2D eigenvalue weighted by Crippen LogP contribution is 2.17. The average Bonchev–Trinajstić information content (AvgIpc) is 2.93. The van der Waals surface area contributed by atoms with Crippen LogP contribution in [0.4, 0.5) is 14.6 Å². The van der Waals surface area contributed by atoms with E-state index in [9.17, 15) is 13.6 Å². The summed E-state index contributed by atoms with van der Waals surface area (Å²) in [6, 6.07) is 4.46. The first-order valence-corrected chi connectivity index (χ1v) is 6.61. The zero-order chi connectivity index (χ0) is 15.5. The SMILES string of the molecule is O=C(Nc1ccc(OC(F)F)cn1)c1cc2n(c1)CCOC2. The van der Waals surface area contributed by atoms with Crippen LogP contribution in [0.5, 0.6) is 5.75 Å². The molecular weight excluding hydrogens is 296 g/mol. The van der Waals surface area contributed by atoms with E-state index in [2.05, 4.69) is 15.0 Å². The molecular formula is C14H13F2N3O3. The van der Waals surface area contributed by atoms with E-state index in [1.807, 2.05) is 4.57 Å². The zero-order valence-corrected chi connectivity index (χ0v) is 11.5. The van der Waals surface area contributed by atoms with Crippen molar-refractivity contribution in [3.8, 4) is 5.75 Å². The lowest BCUT2D eigenvalue weighted by molar-refractivity contribution is -0.0500. The first-order chi connectivity index (χ1) is 10.6. The molecule has 116 valence electrons. The fraction of sp³-hybridized carbons (Fsp3) is 0.286. The van der Waals surface area contributed by atoms with E-state index in [0.29, 0.717) is 25.3 Å². The normalized spacial score (nSPS) is 13.8. The van der Waals surface area contributed by atoms with Crippen LogP contribution in [0.15, 0.2) is 30.6 Å². The summed E-state index contributed by atoms with van der Waals surface area (Å²) in [6.45, 7) is -1.10. The van der Waals surface area contributed by atoms with Gasteiger partial charge in [-0.1, -0.05) is 0 Å². The summed E-state index contributed by atoms with van der Waals surface area (Å²) >= 11 is 0. The Bertz CT molecular complexity index is 647. The number of carbonyl (C=O) groups excluding carboxylic acids is 1. The summed E-state index contributed by atoms with van der Waals surface area (Å²) in [5.41, 5.74) is 1.43. The lowest BCUT2D eigenvalue weighted by Gasteiger charge is -2.14. The van der Waals surface area contributed by atoms with E-state index in [-0.39, 0.29) is 17.5 Å². The Kier molecular flexibility index (Phi) is 4.01. The molecule has 0 radical (unpaired) electrons. The topological polar surface area (TPSA) is 65.4 Å². The van der Waals surface area contributed by atoms with Crippen LogP contribution in [-0.2, 0) is 17.9 Å². The van der Waals surface area contributed by atoms with Gasteiger partial charge in [-0.15, -0.1) is 0 Å². The number of rotatable bonds is 4. The van der Waals surface area contributed by atoms with Gasteiger partial charge in [0, 0.05) is 18.4 Å². The van der Waals surface area contributed by atoms with Gasteiger partial charge in [-0.25, -0.2) is 4.98 Å². The molecule has 0 spiro atoms. The van der Waals surface area contributed by atoms with Gasteiger partial charge in [0.05, 0.1) is 25.0 Å². The van der Waals surface area contributed by atoms with Crippen molar-refractivity contribution in [2.75, 3.05) is 11.9 Å². The molecule has 0 saturated carbocycles. The molecule has 1 aliphatic rings. The highest BCUT2D eigenvalue weighted by Gasteiger charge is 2.15. The lowest BCUT2D eigenvalue weighted by atomic mass is 10.3. The minimum atomic E-state index is -2.91. The van der Waals surface area contributed by atoms with Crippen molar-refractivity contribution in [1.82, 2.24) is 9.55 Å². The molecule has 0 unspecified atom stereocenters. The van der Waals surface area contributed by atoms with Gasteiger partial charge in [-0.2, -0.15) is 8.78 Å². The van der Waals surface area contributed by atoms with Gasteiger partial charge in [-0.05, 0) is 18.2 Å². The standard InChI is InChI=1S/C14H13F2N3O3/c15-14(16)22-11-1-2-12(17-6-11)18-13(20)9-5-10-8-21-4-3-19(10)7-9/h1-2,5-7,14H,3-4,8H2,(H,17,18,20). The van der Waals surface area contributed by atoms with Gasteiger partial charge in [-0.3, -0.25) is 4.79 Å². The van der Waals surface area contributed by atoms with Crippen molar-refractivity contribution >= 4 is 11.7 Å². The van der Waals surface area contributed by atoms with Gasteiger partial charge < -0.3 is 19.4 Å². The van der Waals surface area contributed by atoms with Crippen LogP contribution < -0.4 is 10.1 Å². The van der Waals surface area contributed by atoms with E-state index in [0.717, 1.165) is 11.9 Å². The van der Waals surface area contributed by atoms with E-state index < -0.39 is 6.61 Å². The predicted octanol–water partition coefficient (Wildman–Crippen LogP) is 2.27. The number of nitrogens with one attached hydrogen (secondary N) is 1. The number of anilines is 1. The summed E-state index contributed by atoms with van der Waals surface area (Å²) in [7, 11) is 0. The third kappa shape index (κ3) is 3.22. The van der Waals surface area contributed by atoms with Gasteiger partial charge in [0.25, 0.3) is 5.91 Å². The van der Waals surface area contributed by atoms with Crippen molar-refractivity contribution in [1.29, 1.82) is 0 Å². The first kappa shape index (κ1) is 14.5. The Balaban J connectivity index is 1.67. The lowest BCUT2D eigenvalue weighted by Crippen LogP contribution is -2.15. The molecule has 3 heterocycles. The van der Waals surface area contributed by atoms with Crippen LogP contribution in [0.2, 0.25) is 0 Å². The predicted molar refractivity (Wildman–Crippen MR) is 72.9 cm³/mol. The van der Waals surface area contributed by atoms with Crippen LogP contribution in [0, 0.1) is 0 Å². The maximum Gasteiger partial charge on any atom is 0.387 e. The maximum absolute atomic E-state index is 12.1. The number of hydrogen-bond acceptors (Lipinski definition) is 4. The summed E-state index contributed by atoms with van der Waals surface area (Å²) in [5, 5.41) is 2.60. The third-order valence-corrected chi connectivity index (χ3v) is 3.18. The summed E-state index contributed by atoms with van der Waals surface area (Å²) in [6.07, 6.45) is 2.88. The highest BCUT2D eigenvalue weighted by molar-refractivity contribution is 6.03. The smallest absolute Gasteiger partial charge is 0.387 e. The van der Waals surface area contributed by atoms with Gasteiger partial charge in [0.1, 0.15) is 11.6 Å². The minimum Gasteiger partial charge on any atom is -0.433 e. The quantitative estimate of drug-likeness (QED) is 0.941. The molecule has 3 rings (SSSR count). The molecule has 1 aliphatic heterocycles. The van der Waals surface area contributed by atoms with Crippen molar-refractivity contribution in [2.45, 2.75) is 19.8 Å². The molecule has 1 amide bonds. The molecule has 0 aliphatic carbocycles. The van der Waals surface area contributed by atoms with Crippen molar-refractivity contribution in [3.05, 3.63) is 41.9 Å². The van der Waals surface area contributed by atoms with Crippen LogP contribution in [0.1, 0.15) is 16.1 Å². The molecule has 0 fully saturated rings. The number of hydrogen-bond donors (Lipinski definition) is 1. The van der Waals surface area contributed by atoms with E-state index in [4.69, 9.17) is 4.74 Å². The van der Waals surface area contributed by atoms with Crippen LogP contribution in [-0.4, -0.2) is 28.7 Å². The Morgan fingerprint density at radius 1 is 1.45 bits per heavy atom. The minimum absolute atomic E-state index is 0.0653. The molecule has 22 heavy (non-hydrogen) atoms. The van der Waals surface area contributed by atoms with Gasteiger partial charge >= 0.3 is 6.61 Å². The molecule has 2 aromatic heterocycles. The summed E-state index contributed by atoms with van der Waals surface area (Å²) < 4.78 is 35.5. The molecule has 0 aromatic carbocycles. The molecule has 0 saturated heterocycles. The van der Waals surface area contributed by atoms with Crippen molar-refractivity contribution < 1.29 is 23.0 Å². The van der Waals surface area contributed by atoms with Crippen LogP contribution >= 0.6 is 0 Å². The third-order valence-electron chi connectivity index (χ3n) is 3.18. The fourth-order valence-corrected chi connectivity index (χ4v) is 2.16. The average molecular weight is 309 g/mol. The number of aromatic nitrogens is 2. The Morgan fingerprint density at radius 2 is 2.32 bits per heavy atom. The fourth-order valence-electron chi connectivity index (χ4n) is 2.16. The number of nitrogens with zero attached hydrogens (tertiary/aromatic N) is 2. The van der Waals surface area contributed by atoms with Crippen molar-refractivity contribution in [3.63, 3.8) is 0 Å². The van der Waals surface area contributed by atoms with Gasteiger partial charge in [0.15, 0.2) is 0 Å². The summed E-state index contributed by atoms with van der Waals surface area (Å²) in [5.74, 6) is -0.131. The molecule has 0 atom stereocenters.